The van der Waals surface area contributed by atoms with Crippen molar-refractivity contribution in [3.8, 4) is 0 Å². The molecule has 4 atom stereocenters. The molecule has 112 valence electrons. The molecule has 1 saturated heterocycles. The summed E-state index contributed by atoms with van der Waals surface area (Å²) in [5.74, 6) is 1.34. The summed E-state index contributed by atoms with van der Waals surface area (Å²) in [4.78, 5) is 2.43. The molecule has 0 aromatic heterocycles. The first-order valence-corrected chi connectivity index (χ1v) is 8.27. The molecule has 2 N–H and O–H groups in total. The summed E-state index contributed by atoms with van der Waals surface area (Å²) in [6, 6.07) is 0.701. The third-order valence-corrected chi connectivity index (χ3v) is 5.14. The van der Waals surface area contributed by atoms with E-state index in [-0.39, 0.29) is 6.10 Å². The predicted molar refractivity (Wildman–Crippen MR) is 80.3 cm³/mol. The summed E-state index contributed by atoms with van der Waals surface area (Å²) in [6.45, 7) is 5.93. The minimum atomic E-state index is -0.0176. The molecule has 2 rings (SSSR count). The van der Waals surface area contributed by atoms with Crippen molar-refractivity contribution in [3.05, 3.63) is 0 Å². The van der Waals surface area contributed by atoms with Gasteiger partial charge >= 0.3 is 0 Å². The van der Waals surface area contributed by atoms with Gasteiger partial charge in [-0.3, -0.25) is 0 Å². The lowest BCUT2D eigenvalue weighted by atomic mass is 9.83. The van der Waals surface area contributed by atoms with Crippen LogP contribution in [-0.2, 0) is 0 Å². The third-order valence-electron chi connectivity index (χ3n) is 5.14. The number of aliphatic hydroxyl groups excluding tert-OH is 1. The van der Waals surface area contributed by atoms with E-state index in [4.69, 9.17) is 0 Å². The zero-order valence-electron chi connectivity index (χ0n) is 12.8. The molecule has 1 aliphatic carbocycles. The van der Waals surface area contributed by atoms with E-state index < -0.39 is 0 Å². The van der Waals surface area contributed by atoms with Crippen LogP contribution >= 0.6 is 0 Å². The van der Waals surface area contributed by atoms with Crippen LogP contribution in [0, 0.1) is 11.8 Å². The van der Waals surface area contributed by atoms with Gasteiger partial charge in [0, 0.05) is 12.6 Å². The third kappa shape index (κ3) is 4.73. The van der Waals surface area contributed by atoms with Gasteiger partial charge in [0.25, 0.3) is 0 Å². The quantitative estimate of drug-likeness (QED) is 0.751. The van der Waals surface area contributed by atoms with Crippen LogP contribution in [0.25, 0.3) is 0 Å². The topological polar surface area (TPSA) is 35.5 Å². The van der Waals surface area contributed by atoms with Crippen molar-refractivity contribution in [2.45, 2.75) is 64.0 Å². The van der Waals surface area contributed by atoms with E-state index in [2.05, 4.69) is 24.2 Å². The molecular weight excluding hydrogens is 236 g/mol. The molecule has 0 aromatic rings. The lowest BCUT2D eigenvalue weighted by Gasteiger charge is -2.35. The maximum Gasteiger partial charge on any atom is 0.0568 e. The lowest BCUT2D eigenvalue weighted by Crippen LogP contribution is -2.47. The van der Waals surface area contributed by atoms with Crippen LogP contribution in [-0.4, -0.2) is 48.8 Å². The summed E-state index contributed by atoms with van der Waals surface area (Å²) in [7, 11) is 2.22. The van der Waals surface area contributed by atoms with Gasteiger partial charge in [-0.2, -0.15) is 0 Å². The second-order valence-electron chi connectivity index (χ2n) is 6.84. The van der Waals surface area contributed by atoms with E-state index >= 15 is 0 Å². The fourth-order valence-corrected chi connectivity index (χ4v) is 3.83. The average molecular weight is 268 g/mol. The van der Waals surface area contributed by atoms with Crippen molar-refractivity contribution in [1.29, 1.82) is 0 Å². The Bertz CT molecular complexity index is 259. The second kappa shape index (κ2) is 7.61. The van der Waals surface area contributed by atoms with Gasteiger partial charge in [0.2, 0.25) is 0 Å². The zero-order chi connectivity index (χ0) is 13.7. The Morgan fingerprint density at radius 2 is 2.00 bits per heavy atom. The van der Waals surface area contributed by atoms with Crippen LogP contribution in [0.4, 0.5) is 0 Å². The Labute approximate surface area is 118 Å². The molecular formula is C16H32N2O. The van der Waals surface area contributed by atoms with E-state index in [1.54, 1.807) is 0 Å². The molecule has 1 aliphatic heterocycles. The number of aliphatic hydroxyl groups is 1. The predicted octanol–water partition coefficient (Wildman–Crippen LogP) is 2.25. The van der Waals surface area contributed by atoms with Gasteiger partial charge in [-0.15, -0.1) is 0 Å². The molecule has 3 heteroatoms. The maximum atomic E-state index is 9.96. The standard InChI is InChI=1S/C16H32N2O/c1-13-12-18(2)11-9-15(13)17-10-5-7-14-6-3-4-8-16(14)19/h13-17,19H,3-12H2,1-2H3. The molecule has 0 bridgehead atoms. The summed E-state index contributed by atoms with van der Waals surface area (Å²) >= 11 is 0. The van der Waals surface area contributed by atoms with E-state index in [0.717, 1.165) is 18.9 Å². The Morgan fingerprint density at radius 1 is 1.21 bits per heavy atom. The number of hydrogen-bond donors (Lipinski definition) is 2. The van der Waals surface area contributed by atoms with E-state index in [1.807, 2.05) is 0 Å². The fourth-order valence-electron chi connectivity index (χ4n) is 3.83. The first kappa shape index (κ1) is 15.3. The SMILES string of the molecule is CC1CN(C)CCC1NCCCC1CCCCC1O. The summed E-state index contributed by atoms with van der Waals surface area (Å²) in [5.41, 5.74) is 0. The summed E-state index contributed by atoms with van der Waals surface area (Å²) in [5, 5.41) is 13.7. The van der Waals surface area contributed by atoms with Crippen molar-refractivity contribution in [2.75, 3.05) is 26.7 Å². The molecule has 0 aromatic carbocycles. The Balaban J connectivity index is 1.58. The first-order chi connectivity index (χ1) is 9.16. The zero-order valence-corrected chi connectivity index (χ0v) is 12.8. The van der Waals surface area contributed by atoms with Gasteiger partial charge in [0.15, 0.2) is 0 Å². The van der Waals surface area contributed by atoms with E-state index in [1.165, 1.54) is 51.6 Å². The highest BCUT2D eigenvalue weighted by Crippen LogP contribution is 2.27. The lowest BCUT2D eigenvalue weighted by molar-refractivity contribution is 0.0639. The Morgan fingerprint density at radius 3 is 2.74 bits per heavy atom. The van der Waals surface area contributed by atoms with Crippen molar-refractivity contribution >= 4 is 0 Å². The van der Waals surface area contributed by atoms with Crippen LogP contribution in [0.5, 0.6) is 0 Å². The monoisotopic (exact) mass is 268 g/mol. The summed E-state index contributed by atoms with van der Waals surface area (Å²) < 4.78 is 0. The molecule has 0 amide bonds. The minimum absolute atomic E-state index is 0.0176. The Kier molecular flexibility index (Phi) is 6.11. The maximum absolute atomic E-state index is 9.96. The molecule has 0 radical (unpaired) electrons. The van der Waals surface area contributed by atoms with Gasteiger partial charge in [-0.1, -0.05) is 19.8 Å². The normalized spacial score (nSPS) is 37.4. The van der Waals surface area contributed by atoms with Crippen molar-refractivity contribution in [1.82, 2.24) is 10.2 Å². The molecule has 2 aliphatic rings. The van der Waals surface area contributed by atoms with Gasteiger partial charge in [0.1, 0.15) is 0 Å². The number of likely N-dealkylation sites (tertiary alicyclic amines) is 1. The highest BCUT2D eigenvalue weighted by molar-refractivity contribution is 4.81. The first-order valence-electron chi connectivity index (χ1n) is 8.27. The molecule has 0 spiro atoms. The number of piperidine rings is 1. The molecule has 3 nitrogen and oxygen atoms in total. The summed E-state index contributed by atoms with van der Waals surface area (Å²) in [6.07, 6.45) is 8.51. The molecule has 1 heterocycles. The number of hydrogen-bond acceptors (Lipinski definition) is 3. The minimum Gasteiger partial charge on any atom is -0.393 e. The number of nitrogens with one attached hydrogen (secondary N) is 1. The van der Waals surface area contributed by atoms with Crippen LogP contribution in [0.15, 0.2) is 0 Å². The number of rotatable bonds is 5. The molecule has 19 heavy (non-hydrogen) atoms. The van der Waals surface area contributed by atoms with Crippen molar-refractivity contribution in [3.63, 3.8) is 0 Å². The van der Waals surface area contributed by atoms with Crippen LogP contribution in [0.1, 0.15) is 51.9 Å². The van der Waals surface area contributed by atoms with Gasteiger partial charge in [-0.25, -0.2) is 0 Å². The van der Waals surface area contributed by atoms with E-state index in [9.17, 15) is 5.11 Å². The Hall–Kier alpha value is -0.120. The molecule has 4 unspecified atom stereocenters. The van der Waals surface area contributed by atoms with Gasteiger partial charge in [-0.05, 0) is 64.1 Å². The van der Waals surface area contributed by atoms with Crippen LogP contribution < -0.4 is 5.32 Å². The highest BCUT2D eigenvalue weighted by atomic mass is 16.3. The van der Waals surface area contributed by atoms with Gasteiger partial charge < -0.3 is 15.3 Å². The average Bonchev–Trinajstić information content (AvgIpc) is 2.38. The van der Waals surface area contributed by atoms with Gasteiger partial charge in [0.05, 0.1) is 6.10 Å². The van der Waals surface area contributed by atoms with Crippen LogP contribution in [0.3, 0.4) is 0 Å². The second-order valence-corrected chi connectivity index (χ2v) is 6.84. The molecule has 2 fully saturated rings. The largest absolute Gasteiger partial charge is 0.393 e. The molecule has 1 saturated carbocycles. The van der Waals surface area contributed by atoms with Crippen molar-refractivity contribution in [2.24, 2.45) is 11.8 Å². The fraction of sp³-hybridized carbons (Fsp3) is 1.00. The van der Waals surface area contributed by atoms with Crippen LogP contribution in [0.2, 0.25) is 0 Å². The number of nitrogens with zero attached hydrogens (tertiary/aromatic N) is 1. The van der Waals surface area contributed by atoms with Crippen molar-refractivity contribution < 1.29 is 5.11 Å². The highest BCUT2D eigenvalue weighted by Gasteiger charge is 2.24. The smallest absolute Gasteiger partial charge is 0.0568 e. The van der Waals surface area contributed by atoms with E-state index in [0.29, 0.717) is 12.0 Å².